The van der Waals surface area contributed by atoms with Crippen molar-refractivity contribution in [1.82, 2.24) is 0 Å². The third-order valence-corrected chi connectivity index (χ3v) is 6.14. The van der Waals surface area contributed by atoms with Gasteiger partial charge < -0.3 is 14.7 Å². The molecule has 1 atom stereocenters. The normalized spacial score (nSPS) is 15.6. The number of benzene rings is 3. The van der Waals surface area contributed by atoms with E-state index in [1.807, 2.05) is 30.3 Å². The van der Waals surface area contributed by atoms with E-state index in [1.54, 1.807) is 24.3 Å². The summed E-state index contributed by atoms with van der Waals surface area (Å²) in [5.41, 5.74) is -1.92. The summed E-state index contributed by atoms with van der Waals surface area (Å²) in [7, 11) is 0. The fraction of sp³-hybridized carbons (Fsp3) is 0.214. The first-order chi connectivity index (χ1) is 18.4. The molecule has 0 aliphatic carbocycles. The van der Waals surface area contributed by atoms with E-state index >= 15 is 0 Å². The van der Waals surface area contributed by atoms with Crippen molar-refractivity contribution in [2.45, 2.75) is 31.4 Å². The molecule has 0 saturated carbocycles. The summed E-state index contributed by atoms with van der Waals surface area (Å²) >= 11 is 0. The maximum absolute atomic E-state index is 13.4. The van der Waals surface area contributed by atoms with E-state index in [9.17, 15) is 41.5 Å². The molecule has 1 aliphatic rings. The van der Waals surface area contributed by atoms with Crippen molar-refractivity contribution >= 4 is 11.7 Å². The van der Waals surface area contributed by atoms with Gasteiger partial charge in [0, 0.05) is 19.0 Å². The number of nitrogens with zero attached hydrogens (tertiary/aromatic N) is 2. The highest BCUT2D eigenvalue weighted by Gasteiger charge is 2.38. The predicted octanol–water partition coefficient (Wildman–Crippen LogP) is 6.94. The molecular weight excluding hydrogens is 526 g/mol. The van der Waals surface area contributed by atoms with Crippen LogP contribution in [0.5, 0.6) is 5.75 Å². The molecule has 202 valence electrons. The van der Waals surface area contributed by atoms with Crippen LogP contribution in [0, 0.1) is 11.3 Å². The number of anilines is 1. The SMILES string of the molecule is N#C/C(=C\C1CN(Cc2cc(C(F)(F)F)cc(C(F)(F)F)c2)c2c(OCc3ccccc3)cccc21)C(=O)O. The molecule has 1 aliphatic heterocycles. The molecule has 0 saturated heterocycles. The fourth-order valence-corrected chi connectivity index (χ4v) is 4.43. The number of aliphatic carboxylic acids is 1. The molecule has 1 heterocycles. The Hall–Kier alpha value is -4.46. The van der Waals surface area contributed by atoms with Gasteiger partial charge in [0.15, 0.2) is 0 Å². The van der Waals surface area contributed by atoms with Gasteiger partial charge in [0.25, 0.3) is 0 Å². The van der Waals surface area contributed by atoms with Crippen LogP contribution >= 0.6 is 0 Å². The molecule has 0 amide bonds. The molecule has 1 unspecified atom stereocenters. The summed E-state index contributed by atoms with van der Waals surface area (Å²) in [5, 5.41) is 18.6. The highest BCUT2D eigenvalue weighted by molar-refractivity contribution is 5.91. The Morgan fingerprint density at radius 2 is 1.62 bits per heavy atom. The summed E-state index contributed by atoms with van der Waals surface area (Å²) in [6, 6.07) is 16.9. The predicted molar refractivity (Wildman–Crippen MR) is 129 cm³/mol. The second-order valence-corrected chi connectivity index (χ2v) is 8.87. The van der Waals surface area contributed by atoms with Gasteiger partial charge in [-0.15, -0.1) is 0 Å². The van der Waals surface area contributed by atoms with E-state index in [2.05, 4.69) is 0 Å². The Labute approximate surface area is 219 Å². The lowest BCUT2D eigenvalue weighted by Crippen LogP contribution is -2.23. The van der Waals surface area contributed by atoms with Gasteiger partial charge in [-0.1, -0.05) is 42.5 Å². The van der Waals surface area contributed by atoms with E-state index in [0.717, 1.165) is 5.56 Å². The monoisotopic (exact) mass is 546 g/mol. The Morgan fingerprint density at radius 3 is 2.18 bits per heavy atom. The number of ether oxygens (including phenoxy) is 1. The minimum absolute atomic E-state index is 0.00288. The minimum atomic E-state index is -5.00. The molecule has 3 aromatic carbocycles. The fourth-order valence-electron chi connectivity index (χ4n) is 4.43. The van der Waals surface area contributed by atoms with Crippen molar-refractivity contribution in [3.8, 4) is 11.8 Å². The van der Waals surface area contributed by atoms with E-state index in [1.165, 1.54) is 11.0 Å². The lowest BCUT2D eigenvalue weighted by atomic mass is 9.98. The summed E-state index contributed by atoms with van der Waals surface area (Å²) in [6.45, 7) is -0.228. The zero-order valence-corrected chi connectivity index (χ0v) is 20.1. The lowest BCUT2D eigenvalue weighted by Gasteiger charge is -2.24. The van der Waals surface area contributed by atoms with Crippen molar-refractivity contribution in [2.75, 3.05) is 11.4 Å². The molecule has 0 bridgehead atoms. The van der Waals surface area contributed by atoms with Gasteiger partial charge in [0.1, 0.15) is 24.0 Å². The standard InChI is InChI=1S/C28H20F6N2O3/c29-27(30,31)21-9-18(10-22(12-21)28(32,33)34)14-36-15-20(11-19(13-35)26(37)38)23-7-4-8-24(25(23)36)39-16-17-5-2-1-3-6-17/h1-12,20H,14-16H2,(H,37,38)/b19-11+. The quantitative estimate of drug-likeness (QED) is 0.197. The first kappa shape index (κ1) is 27.6. The number of hydrogen-bond donors (Lipinski definition) is 1. The Bertz CT molecular complexity index is 1410. The van der Waals surface area contributed by atoms with Gasteiger partial charge in [-0.2, -0.15) is 31.6 Å². The number of hydrogen-bond acceptors (Lipinski definition) is 4. The molecule has 0 radical (unpaired) electrons. The zero-order chi connectivity index (χ0) is 28.4. The molecule has 0 spiro atoms. The summed E-state index contributed by atoms with van der Waals surface area (Å²) < 4.78 is 86.6. The molecule has 0 fully saturated rings. The van der Waals surface area contributed by atoms with Crippen LogP contribution in [0.15, 0.2) is 78.4 Å². The van der Waals surface area contributed by atoms with Crippen molar-refractivity contribution in [3.63, 3.8) is 0 Å². The second kappa shape index (κ2) is 10.7. The zero-order valence-electron chi connectivity index (χ0n) is 20.1. The average molecular weight is 546 g/mol. The Kier molecular flexibility index (Phi) is 7.58. The average Bonchev–Trinajstić information content (AvgIpc) is 3.22. The van der Waals surface area contributed by atoms with Gasteiger partial charge in [-0.05, 0) is 47.0 Å². The third-order valence-electron chi connectivity index (χ3n) is 6.14. The Balaban J connectivity index is 1.77. The molecule has 5 nitrogen and oxygen atoms in total. The van der Waals surface area contributed by atoms with Crippen LogP contribution in [0.1, 0.15) is 33.7 Å². The number of rotatable bonds is 7. The van der Waals surface area contributed by atoms with Crippen molar-refractivity contribution in [3.05, 3.63) is 106 Å². The number of fused-ring (bicyclic) bond motifs is 1. The van der Waals surface area contributed by atoms with Crippen LogP contribution in [0.4, 0.5) is 32.0 Å². The lowest BCUT2D eigenvalue weighted by molar-refractivity contribution is -0.143. The van der Waals surface area contributed by atoms with Crippen molar-refractivity contribution in [1.29, 1.82) is 5.26 Å². The van der Waals surface area contributed by atoms with E-state index in [4.69, 9.17) is 4.74 Å². The number of halogens is 6. The first-order valence-corrected chi connectivity index (χ1v) is 11.5. The minimum Gasteiger partial charge on any atom is -0.487 e. The molecule has 4 rings (SSSR count). The number of carbonyl (C=O) groups is 1. The third kappa shape index (κ3) is 6.34. The molecule has 11 heteroatoms. The number of carboxylic acid groups (broad SMARTS) is 1. The maximum Gasteiger partial charge on any atom is 0.416 e. The summed E-state index contributed by atoms with van der Waals surface area (Å²) in [6.07, 6.45) is -8.79. The van der Waals surface area contributed by atoms with E-state index in [0.29, 0.717) is 29.1 Å². The van der Waals surface area contributed by atoms with Crippen molar-refractivity contribution < 1.29 is 41.0 Å². The highest BCUT2D eigenvalue weighted by Crippen LogP contribution is 2.45. The molecule has 3 aromatic rings. The topological polar surface area (TPSA) is 73.6 Å². The van der Waals surface area contributed by atoms with Crippen LogP contribution in [0.3, 0.4) is 0 Å². The maximum atomic E-state index is 13.4. The van der Waals surface area contributed by atoms with Gasteiger partial charge >= 0.3 is 18.3 Å². The number of nitriles is 1. The molecule has 0 aromatic heterocycles. The van der Waals surface area contributed by atoms with Crippen LogP contribution < -0.4 is 9.64 Å². The van der Waals surface area contributed by atoms with Gasteiger partial charge in [-0.3, -0.25) is 0 Å². The molecule has 39 heavy (non-hydrogen) atoms. The summed E-state index contributed by atoms with van der Waals surface area (Å²) in [5.74, 6) is -1.83. The second-order valence-electron chi connectivity index (χ2n) is 8.87. The van der Waals surface area contributed by atoms with Gasteiger partial charge in [0.2, 0.25) is 0 Å². The van der Waals surface area contributed by atoms with Gasteiger partial charge in [-0.25, -0.2) is 4.79 Å². The van der Waals surface area contributed by atoms with Crippen LogP contribution in [0.2, 0.25) is 0 Å². The number of carboxylic acids is 1. The number of alkyl halides is 6. The summed E-state index contributed by atoms with van der Waals surface area (Å²) in [4.78, 5) is 13.0. The highest BCUT2D eigenvalue weighted by atomic mass is 19.4. The van der Waals surface area contributed by atoms with E-state index < -0.39 is 40.9 Å². The van der Waals surface area contributed by atoms with Crippen molar-refractivity contribution in [2.24, 2.45) is 0 Å². The van der Waals surface area contributed by atoms with Crippen LogP contribution in [0.25, 0.3) is 0 Å². The Morgan fingerprint density at radius 1 is 0.974 bits per heavy atom. The molecule has 1 N–H and O–H groups in total. The van der Waals surface area contributed by atoms with E-state index in [-0.39, 0.29) is 31.3 Å². The number of para-hydroxylation sites is 1. The van der Waals surface area contributed by atoms with Gasteiger partial charge in [0.05, 0.1) is 16.8 Å². The largest absolute Gasteiger partial charge is 0.487 e. The first-order valence-electron chi connectivity index (χ1n) is 11.5. The van der Waals surface area contributed by atoms with Crippen LogP contribution in [-0.4, -0.2) is 17.6 Å². The smallest absolute Gasteiger partial charge is 0.416 e. The van der Waals surface area contributed by atoms with Crippen LogP contribution in [-0.2, 0) is 30.3 Å². The molecular formula is C28H20F6N2O3.